The zero-order chi connectivity index (χ0) is 19.8. The summed E-state index contributed by atoms with van der Waals surface area (Å²) < 4.78 is 17.4. The first kappa shape index (κ1) is 18.0. The normalized spacial score (nSPS) is 16.9. The first-order valence-electron chi connectivity index (χ1n) is 9.33. The van der Waals surface area contributed by atoms with Gasteiger partial charge in [0.25, 0.3) is 0 Å². The fourth-order valence-corrected chi connectivity index (χ4v) is 4.40. The van der Waals surface area contributed by atoms with Crippen LogP contribution in [-0.4, -0.2) is 24.5 Å². The Labute approximate surface area is 172 Å². The van der Waals surface area contributed by atoms with Gasteiger partial charge in [0, 0.05) is 23.5 Å². The number of methoxy groups -OCH3 is 1. The molecule has 29 heavy (non-hydrogen) atoms. The highest BCUT2D eigenvalue weighted by molar-refractivity contribution is 7.09. The number of benzene rings is 2. The summed E-state index contributed by atoms with van der Waals surface area (Å²) in [6, 6.07) is 15.4. The molecular weight excluding hydrogens is 386 g/mol. The minimum absolute atomic E-state index is 0.121. The molecule has 146 valence electrons. The van der Waals surface area contributed by atoms with E-state index in [9.17, 15) is 4.79 Å². The minimum atomic E-state index is -0.121. The zero-order valence-electron chi connectivity index (χ0n) is 15.9. The van der Waals surface area contributed by atoms with Crippen LogP contribution >= 0.6 is 11.3 Å². The van der Waals surface area contributed by atoms with E-state index in [4.69, 9.17) is 14.2 Å². The van der Waals surface area contributed by atoms with Crippen LogP contribution in [0, 0.1) is 0 Å². The van der Waals surface area contributed by atoms with Crippen molar-refractivity contribution in [1.29, 1.82) is 0 Å². The molecule has 0 atom stereocenters. The molecule has 0 unspecified atom stereocenters. The largest absolute Gasteiger partial charge is 0.496 e. The molecule has 2 aromatic carbocycles. The number of hydrogen-bond donors (Lipinski definition) is 0. The Morgan fingerprint density at radius 3 is 2.90 bits per heavy atom. The molecule has 0 spiro atoms. The summed E-state index contributed by atoms with van der Waals surface area (Å²) in [6.45, 7) is 1.99. The monoisotopic (exact) mass is 405 g/mol. The molecule has 2 aliphatic rings. The van der Waals surface area contributed by atoms with Crippen LogP contribution in [0.25, 0.3) is 6.08 Å². The van der Waals surface area contributed by atoms with E-state index >= 15 is 0 Å². The molecule has 0 bridgehead atoms. The Bertz CT molecular complexity index is 1100. The van der Waals surface area contributed by atoms with Crippen molar-refractivity contribution in [2.24, 2.45) is 0 Å². The second kappa shape index (κ2) is 7.39. The first-order valence-corrected chi connectivity index (χ1v) is 10.2. The molecule has 0 amide bonds. The number of allylic oxidation sites excluding steroid dienone is 1. The smallest absolute Gasteiger partial charge is 0.231 e. The van der Waals surface area contributed by atoms with Crippen LogP contribution in [0.15, 0.2) is 59.7 Å². The van der Waals surface area contributed by atoms with E-state index in [2.05, 4.69) is 16.3 Å². The summed E-state index contributed by atoms with van der Waals surface area (Å²) in [7, 11) is 1.61. The molecule has 0 aliphatic carbocycles. The molecule has 0 saturated heterocycles. The Morgan fingerprint density at radius 1 is 1.17 bits per heavy atom. The molecule has 6 heteroatoms. The van der Waals surface area contributed by atoms with Gasteiger partial charge < -0.3 is 14.2 Å². The van der Waals surface area contributed by atoms with Crippen molar-refractivity contribution in [2.75, 3.05) is 13.8 Å². The van der Waals surface area contributed by atoms with E-state index < -0.39 is 0 Å². The molecule has 0 fully saturated rings. The van der Waals surface area contributed by atoms with Crippen LogP contribution in [-0.2, 0) is 13.1 Å². The molecule has 5 rings (SSSR count). The van der Waals surface area contributed by atoms with Crippen LogP contribution in [0.1, 0.15) is 26.4 Å². The molecule has 1 aromatic heterocycles. The lowest BCUT2D eigenvalue weighted by atomic mass is 10.0. The Hall–Kier alpha value is -3.09. The van der Waals surface area contributed by atoms with Crippen molar-refractivity contribution in [3.63, 3.8) is 0 Å². The van der Waals surface area contributed by atoms with Crippen LogP contribution in [0.3, 0.4) is 0 Å². The van der Waals surface area contributed by atoms with Gasteiger partial charge in [-0.2, -0.15) is 0 Å². The maximum absolute atomic E-state index is 12.9. The van der Waals surface area contributed by atoms with E-state index in [1.807, 2.05) is 36.4 Å². The standard InChI is InChI=1S/C23H19NO4S/c1-26-19-7-3-2-5-15(19)11-21-22(25)17-8-9-20-18(23(17)28-21)13-24(14-27-20)12-16-6-4-10-29-16/h2-11H,12-14H2,1H3/b21-11-. The van der Waals surface area contributed by atoms with Crippen molar-refractivity contribution in [2.45, 2.75) is 13.1 Å². The number of Topliss-reactive ketones (excluding diaryl/α,β-unsaturated/α-hetero) is 1. The lowest BCUT2D eigenvalue weighted by Crippen LogP contribution is -2.31. The highest BCUT2D eigenvalue weighted by atomic mass is 32.1. The van der Waals surface area contributed by atoms with Gasteiger partial charge in [-0.05, 0) is 35.7 Å². The van der Waals surface area contributed by atoms with Gasteiger partial charge in [-0.3, -0.25) is 9.69 Å². The number of carbonyl (C=O) groups excluding carboxylic acids is 1. The minimum Gasteiger partial charge on any atom is -0.496 e. The average molecular weight is 405 g/mol. The number of nitrogens with zero attached hydrogens (tertiary/aromatic N) is 1. The average Bonchev–Trinajstić information content (AvgIpc) is 3.37. The van der Waals surface area contributed by atoms with Crippen LogP contribution < -0.4 is 14.2 Å². The number of fused-ring (bicyclic) bond motifs is 3. The van der Waals surface area contributed by atoms with E-state index in [1.54, 1.807) is 30.6 Å². The number of ketones is 1. The summed E-state index contributed by atoms with van der Waals surface area (Å²) in [5.74, 6) is 2.25. The number of carbonyl (C=O) groups is 1. The third-order valence-corrected chi connectivity index (χ3v) is 5.93. The lowest BCUT2D eigenvalue weighted by Gasteiger charge is -2.29. The highest BCUT2D eigenvalue weighted by Gasteiger charge is 2.33. The number of hydrogen-bond acceptors (Lipinski definition) is 6. The number of para-hydroxylation sites is 1. The van der Waals surface area contributed by atoms with E-state index in [0.29, 0.717) is 36.1 Å². The third-order valence-electron chi connectivity index (χ3n) is 5.07. The predicted molar refractivity (Wildman–Crippen MR) is 111 cm³/mol. The van der Waals surface area contributed by atoms with Gasteiger partial charge in [-0.15, -0.1) is 11.3 Å². The summed E-state index contributed by atoms with van der Waals surface area (Å²) in [4.78, 5) is 16.4. The summed E-state index contributed by atoms with van der Waals surface area (Å²) in [5, 5.41) is 2.07. The molecule has 3 aromatic rings. The Morgan fingerprint density at radius 2 is 2.07 bits per heavy atom. The topological polar surface area (TPSA) is 48.0 Å². The van der Waals surface area contributed by atoms with Crippen LogP contribution in [0.5, 0.6) is 17.2 Å². The molecule has 2 aliphatic heterocycles. The molecular formula is C23H19NO4S. The summed E-state index contributed by atoms with van der Waals surface area (Å²) in [5.41, 5.74) is 2.30. The SMILES string of the molecule is COc1ccccc1/C=C1\Oc2c(ccc3c2CN(Cc2cccs2)CO3)C1=O. The van der Waals surface area contributed by atoms with Gasteiger partial charge in [0.05, 0.1) is 18.2 Å². The maximum atomic E-state index is 12.9. The Kier molecular flexibility index (Phi) is 4.58. The quantitative estimate of drug-likeness (QED) is 0.588. The van der Waals surface area contributed by atoms with E-state index in [-0.39, 0.29) is 5.78 Å². The van der Waals surface area contributed by atoms with E-state index in [0.717, 1.165) is 23.4 Å². The van der Waals surface area contributed by atoms with Gasteiger partial charge >= 0.3 is 0 Å². The lowest BCUT2D eigenvalue weighted by molar-refractivity contribution is 0.0882. The van der Waals surface area contributed by atoms with Gasteiger partial charge in [-0.25, -0.2) is 0 Å². The second-order valence-corrected chi connectivity index (χ2v) is 7.97. The fraction of sp³-hybridized carbons (Fsp3) is 0.174. The zero-order valence-corrected chi connectivity index (χ0v) is 16.7. The van der Waals surface area contributed by atoms with Gasteiger partial charge in [0.15, 0.2) is 5.76 Å². The predicted octanol–water partition coefficient (Wildman–Crippen LogP) is 4.73. The van der Waals surface area contributed by atoms with Gasteiger partial charge in [-0.1, -0.05) is 24.3 Å². The van der Waals surface area contributed by atoms with Crippen LogP contribution in [0.4, 0.5) is 0 Å². The molecule has 5 nitrogen and oxygen atoms in total. The van der Waals surface area contributed by atoms with Gasteiger partial charge in [0.1, 0.15) is 24.0 Å². The molecule has 0 saturated carbocycles. The Balaban J connectivity index is 1.46. The number of thiophene rings is 1. The van der Waals surface area contributed by atoms with Crippen molar-refractivity contribution in [1.82, 2.24) is 4.90 Å². The van der Waals surface area contributed by atoms with Crippen LogP contribution in [0.2, 0.25) is 0 Å². The summed E-state index contributed by atoms with van der Waals surface area (Å²) in [6.07, 6.45) is 1.74. The van der Waals surface area contributed by atoms with Crippen molar-refractivity contribution in [3.8, 4) is 17.2 Å². The molecule has 3 heterocycles. The number of rotatable bonds is 4. The van der Waals surface area contributed by atoms with Crippen molar-refractivity contribution < 1.29 is 19.0 Å². The van der Waals surface area contributed by atoms with Crippen molar-refractivity contribution >= 4 is 23.2 Å². The van der Waals surface area contributed by atoms with Gasteiger partial charge in [0.2, 0.25) is 5.78 Å². The third kappa shape index (κ3) is 3.30. The molecule has 0 N–H and O–H groups in total. The fourth-order valence-electron chi connectivity index (χ4n) is 3.66. The summed E-state index contributed by atoms with van der Waals surface area (Å²) >= 11 is 1.73. The van der Waals surface area contributed by atoms with Crippen molar-refractivity contribution in [3.05, 3.63) is 81.2 Å². The molecule has 0 radical (unpaired) electrons. The highest BCUT2D eigenvalue weighted by Crippen LogP contribution is 2.42. The second-order valence-electron chi connectivity index (χ2n) is 6.94. The number of ether oxygens (including phenoxy) is 3. The first-order chi connectivity index (χ1) is 14.2. The van der Waals surface area contributed by atoms with E-state index in [1.165, 1.54) is 4.88 Å². The maximum Gasteiger partial charge on any atom is 0.231 e.